The number of carbonyl (C=O) groups excluding carboxylic acids is 2. The molecule has 1 aliphatic carbocycles. The summed E-state index contributed by atoms with van der Waals surface area (Å²) in [6.45, 7) is 3.88. The Labute approximate surface area is 144 Å². The van der Waals surface area contributed by atoms with Crippen LogP contribution in [-0.4, -0.2) is 11.8 Å². The molecule has 2 amide bonds. The molecule has 0 aliphatic heterocycles. The molecular weight excluding hydrogens is 326 g/mol. The maximum absolute atomic E-state index is 13.7. The summed E-state index contributed by atoms with van der Waals surface area (Å²) in [7, 11) is 0. The first-order valence-electron chi connectivity index (χ1n) is 7.98. The molecule has 6 heteroatoms. The monoisotopic (exact) mass is 344 g/mol. The van der Waals surface area contributed by atoms with E-state index < -0.39 is 34.6 Å². The van der Waals surface area contributed by atoms with E-state index >= 15 is 0 Å². The Morgan fingerprint density at radius 2 is 1.52 bits per heavy atom. The summed E-state index contributed by atoms with van der Waals surface area (Å²) in [5, 5.41) is 4.94. The maximum Gasteiger partial charge on any atom is 0.240 e. The van der Waals surface area contributed by atoms with Gasteiger partial charge in [0.2, 0.25) is 11.8 Å². The molecule has 4 nitrogen and oxygen atoms in total. The Bertz CT molecular complexity index is 840. The second-order valence-corrected chi connectivity index (χ2v) is 6.39. The van der Waals surface area contributed by atoms with Gasteiger partial charge < -0.3 is 10.6 Å². The predicted molar refractivity (Wildman–Crippen MR) is 91.2 cm³/mol. The quantitative estimate of drug-likeness (QED) is 0.826. The molecule has 1 saturated carbocycles. The fraction of sp³-hybridized carbons (Fsp3) is 0.263. The van der Waals surface area contributed by atoms with Crippen molar-refractivity contribution in [2.24, 2.45) is 5.41 Å². The molecule has 1 fully saturated rings. The Balaban J connectivity index is 1.76. The number of nitrogens with one attached hydrogen (secondary N) is 2. The van der Waals surface area contributed by atoms with Crippen molar-refractivity contribution in [3.05, 3.63) is 59.2 Å². The number of halogens is 2. The zero-order valence-electron chi connectivity index (χ0n) is 14.0. The van der Waals surface area contributed by atoms with E-state index in [1.54, 1.807) is 6.07 Å². The maximum atomic E-state index is 13.7. The molecule has 130 valence electrons. The van der Waals surface area contributed by atoms with Crippen molar-refractivity contribution in [1.82, 2.24) is 0 Å². The molecule has 2 aromatic rings. The number of para-hydroxylation sites is 1. The first-order valence-corrected chi connectivity index (χ1v) is 7.98. The van der Waals surface area contributed by atoms with E-state index in [2.05, 4.69) is 10.6 Å². The summed E-state index contributed by atoms with van der Waals surface area (Å²) in [5.41, 5.74) is 0.877. The summed E-state index contributed by atoms with van der Waals surface area (Å²) >= 11 is 0. The van der Waals surface area contributed by atoms with Gasteiger partial charge in [-0.3, -0.25) is 9.59 Å². The largest absolute Gasteiger partial charge is 0.325 e. The van der Waals surface area contributed by atoms with Gasteiger partial charge in [-0.05, 0) is 62.1 Å². The second kappa shape index (κ2) is 6.27. The van der Waals surface area contributed by atoms with Crippen LogP contribution in [0.4, 0.5) is 20.2 Å². The summed E-state index contributed by atoms with van der Waals surface area (Å²) in [6, 6.07) is 8.75. The second-order valence-electron chi connectivity index (χ2n) is 6.39. The molecule has 2 aromatic carbocycles. The van der Waals surface area contributed by atoms with Crippen LogP contribution < -0.4 is 10.6 Å². The van der Waals surface area contributed by atoms with Gasteiger partial charge in [0.1, 0.15) is 22.7 Å². The van der Waals surface area contributed by atoms with Gasteiger partial charge in [-0.15, -0.1) is 0 Å². The highest BCUT2D eigenvalue weighted by atomic mass is 19.1. The highest BCUT2D eigenvalue weighted by Gasteiger charge is 2.56. The van der Waals surface area contributed by atoms with Crippen molar-refractivity contribution in [2.45, 2.75) is 26.7 Å². The number of hydrogen-bond acceptors (Lipinski definition) is 2. The Hall–Kier alpha value is -2.76. The molecule has 0 bridgehead atoms. The normalized spacial score (nSPS) is 14.7. The van der Waals surface area contributed by atoms with Crippen LogP contribution >= 0.6 is 0 Å². The van der Waals surface area contributed by atoms with Crippen LogP contribution in [0.3, 0.4) is 0 Å². The smallest absolute Gasteiger partial charge is 0.240 e. The topological polar surface area (TPSA) is 58.2 Å². The lowest BCUT2D eigenvalue weighted by molar-refractivity contribution is -0.131. The van der Waals surface area contributed by atoms with Gasteiger partial charge in [0, 0.05) is 5.69 Å². The zero-order chi connectivity index (χ0) is 18.2. The highest BCUT2D eigenvalue weighted by Crippen LogP contribution is 2.47. The molecule has 2 N–H and O–H groups in total. The molecule has 0 unspecified atom stereocenters. The Morgan fingerprint density at radius 1 is 0.920 bits per heavy atom. The minimum atomic E-state index is -1.28. The molecular formula is C19H18F2N2O2. The van der Waals surface area contributed by atoms with E-state index in [-0.39, 0.29) is 0 Å². The molecule has 0 spiro atoms. The number of rotatable bonds is 4. The predicted octanol–water partition coefficient (Wildman–Crippen LogP) is 3.94. The van der Waals surface area contributed by atoms with Gasteiger partial charge in [0.25, 0.3) is 0 Å². The molecule has 0 saturated heterocycles. The molecule has 3 rings (SSSR count). The van der Waals surface area contributed by atoms with Crippen LogP contribution in [0.25, 0.3) is 0 Å². The van der Waals surface area contributed by atoms with Crippen molar-refractivity contribution < 1.29 is 18.4 Å². The first kappa shape index (κ1) is 17.1. The van der Waals surface area contributed by atoms with E-state index in [0.29, 0.717) is 18.5 Å². The zero-order valence-corrected chi connectivity index (χ0v) is 14.0. The Kier molecular flexibility index (Phi) is 4.29. The number of amides is 2. The number of anilines is 2. The SMILES string of the molecule is Cc1ccc(NC(=O)C2(C(=O)Nc3c(F)cccc3F)CC2)cc1C. The van der Waals surface area contributed by atoms with Gasteiger partial charge in [-0.25, -0.2) is 8.78 Å². The number of carbonyl (C=O) groups is 2. The number of benzene rings is 2. The average Bonchev–Trinajstić information content (AvgIpc) is 3.36. The third-order valence-corrected chi connectivity index (χ3v) is 4.59. The highest BCUT2D eigenvalue weighted by molar-refractivity contribution is 6.17. The third kappa shape index (κ3) is 3.24. The number of aryl methyl sites for hydroxylation is 2. The van der Waals surface area contributed by atoms with Crippen molar-refractivity contribution in [3.8, 4) is 0 Å². The van der Waals surface area contributed by atoms with E-state index in [0.717, 1.165) is 23.3 Å². The lowest BCUT2D eigenvalue weighted by Gasteiger charge is -2.16. The van der Waals surface area contributed by atoms with Crippen LogP contribution in [0, 0.1) is 30.9 Å². The average molecular weight is 344 g/mol. The standard InChI is InChI=1S/C19H18F2N2O2/c1-11-6-7-13(10-12(11)2)22-17(24)19(8-9-19)18(25)23-16-14(20)4-3-5-15(16)21/h3-7,10H,8-9H2,1-2H3,(H,22,24)(H,23,25). The van der Waals surface area contributed by atoms with Crippen molar-refractivity contribution >= 4 is 23.2 Å². The number of hydrogen-bond donors (Lipinski definition) is 2. The minimum Gasteiger partial charge on any atom is -0.325 e. The first-order chi connectivity index (χ1) is 11.8. The van der Waals surface area contributed by atoms with Crippen LogP contribution in [0.15, 0.2) is 36.4 Å². The third-order valence-electron chi connectivity index (χ3n) is 4.59. The van der Waals surface area contributed by atoms with Gasteiger partial charge >= 0.3 is 0 Å². The molecule has 0 heterocycles. The summed E-state index contributed by atoms with van der Waals surface area (Å²) in [4.78, 5) is 25.0. The Morgan fingerprint density at radius 3 is 2.08 bits per heavy atom. The molecule has 0 aromatic heterocycles. The minimum absolute atomic E-state index is 0.339. The van der Waals surface area contributed by atoms with Gasteiger partial charge in [-0.1, -0.05) is 12.1 Å². The van der Waals surface area contributed by atoms with E-state index in [4.69, 9.17) is 0 Å². The molecule has 1 aliphatic rings. The van der Waals surface area contributed by atoms with E-state index in [1.165, 1.54) is 6.07 Å². The van der Waals surface area contributed by atoms with Crippen molar-refractivity contribution in [2.75, 3.05) is 10.6 Å². The van der Waals surface area contributed by atoms with Gasteiger partial charge in [0.15, 0.2) is 0 Å². The molecule has 0 radical (unpaired) electrons. The van der Waals surface area contributed by atoms with Crippen LogP contribution in [0.1, 0.15) is 24.0 Å². The summed E-state index contributed by atoms with van der Waals surface area (Å²) in [6.07, 6.45) is 0.678. The lowest BCUT2D eigenvalue weighted by atomic mass is 10.0. The van der Waals surface area contributed by atoms with Gasteiger partial charge in [0.05, 0.1) is 0 Å². The van der Waals surface area contributed by atoms with Crippen LogP contribution in [0.2, 0.25) is 0 Å². The van der Waals surface area contributed by atoms with Crippen molar-refractivity contribution in [1.29, 1.82) is 0 Å². The summed E-state index contributed by atoms with van der Waals surface area (Å²) < 4.78 is 27.4. The summed E-state index contributed by atoms with van der Waals surface area (Å²) in [5.74, 6) is -2.92. The van der Waals surface area contributed by atoms with E-state index in [1.807, 2.05) is 26.0 Å². The fourth-order valence-corrected chi connectivity index (χ4v) is 2.60. The van der Waals surface area contributed by atoms with Crippen LogP contribution in [0.5, 0.6) is 0 Å². The van der Waals surface area contributed by atoms with E-state index in [9.17, 15) is 18.4 Å². The van der Waals surface area contributed by atoms with Crippen LogP contribution in [-0.2, 0) is 9.59 Å². The fourth-order valence-electron chi connectivity index (χ4n) is 2.60. The molecule has 0 atom stereocenters. The lowest BCUT2D eigenvalue weighted by Crippen LogP contribution is -2.36. The van der Waals surface area contributed by atoms with Gasteiger partial charge in [-0.2, -0.15) is 0 Å². The molecule has 25 heavy (non-hydrogen) atoms. The van der Waals surface area contributed by atoms with Crippen molar-refractivity contribution in [3.63, 3.8) is 0 Å².